The molecule has 0 radical (unpaired) electrons. The number of ether oxygens (including phenoxy) is 1. The first-order valence-electron chi connectivity index (χ1n) is 12.2. The van der Waals surface area contributed by atoms with E-state index in [1.54, 1.807) is 6.20 Å². The van der Waals surface area contributed by atoms with E-state index in [2.05, 4.69) is 50.1 Å². The lowest BCUT2D eigenvalue weighted by atomic mass is 9.67. The predicted octanol–water partition coefficient (Wildman–Crippen LogP) is 7.34. The SMILES string of the molecule is CC(C)(C)C(C)(C)CCCCCCCCCOC1CCC(Nc2ccn[nH]2)CC1. The third-order valence-corrected chi connectivity index (χ3v) is 7.36. The zero-order valence-electron chi connectivity index (χ0n) is 19.9. The van der Waals surface area contributed by atoms with Gasteiger partial charge in [-0.05, 0) is 55.4 Å². The second kappa shape index (κ2) is 12.0. The molecule has 0 saturated heterocycles. The molecular formula is C25H47N3O. The van der Waals surface area contributed by atoms with E-state index in [1.165, 1.54) is 77.0 Å². The highest BCUT2D eigenvalue weighted by molar-refractivity contribution is 5.33. The molecule has 1 aliphatic rings. The standard InChI is InChI=1S/C25H47N3O/c1-24(2,3)25(4,5)18-11-9-7-6-8-10-12-20-29-22-15-13-21(14-16-22)27-23-17-19-26-28-23/h17,19,21-22H,6-16,18,20H2,1-5H3,(H2,26,27,28). The van der Waals surface area contributed by atoms with Crippen molar-refractivity contribution in [1.29, 1.82) is 0 Å². The fourth-order valence-corrected chi connectivity index (χ4v) is 4.11. The Kier molecular flexibility index (Phi) is 10.0. The van der Waals surface area contributed by atoms with Crippen LogP contribution in [0.15, 0.2) is 12.3 Å². The van der Waals surface area contributed by atoms with Gasteiger partial charge in [0, 0.05) is 12.6 Å². The molecule has 0 aliphatic heterocycles. The van der Waals surface area contributed by atoms with Crippen LogP contribution >= 0.6 is 0 Å². The zero-order chi connectivity index (χ0) is 21.2. The highest BCUT2D eigenvalue weighted by atomic mass is 16.5. The summed E-state index contributed by atoms with van der Waals surface area (Å²) in [4.78, 5) is 0. The van der Waals surface area contributed by atoms with Crippen LogP contribution in [0.2, 0.25) is 0 Å². The Bertz CT molecular complexity index is 525. The zero-order valence-corrected chi connectivity index (χ0v) is 19.9. The topological polar surface area (TPSA) is 49.9 Å². The number of rotatable bonds is 13. The Morgan fingerprint density at radius 3 is 2.14 bits per heavy atom. The van der Waals surface area contributed by atoms with Crippen molar-refractivity contribution in [3.8, 4) is 0 Å². The third kappa shape index (κ3) is 9.11. The van der Waals surface area contributed by atoms with Crippen molar-refractivity contribution in [2.24, 2.45) is 10.8 Å². The molecule has 0 unspecified atom stereocenters. The van der Waals surface area contributed by atoms with Crippen molar-refractivity contribution in [3.05, 3.63) is 12.3 Å². The van der Waals surface area contributed by atoms with Crippen LogP contribution in [0.3, 0.4) is 0 Å². The van der Waals surface area contributed by atoms with E-state index in [4.69, 9.17) is 4.74 Å². The molecule has 29 heavy (non-hydrogen) atoms. The van der Waals surface area contributed by atoms with Gasteiger partial charge in [0.05, 0.1) is 12.3 Å². The van der Waals surface area contributed by atoms with Gasteiger partial charge in [0.2, 0.25) is 0 Å². The maximum atomic E-state index is 6.13. The van der Waals surface area contributed by atoms with E-state index < -0.39 is 0 Å². The first-order chi connectivity index (χ1) is 13.8. The highest BCUT2D eigenvalue weighted by Crippen LogP contribution is 2.41. The Labute approximate surface area is 180 Å². The molecule has 0 aromatic carbocycles. The molecule has 168 valence electrons. The molecule has 0 atom stereocenters. The third-order valence-electron chi connectivity index (χ3n) is 7.36. The van der Waals surface area contributed by atoms with Crippen LogP contribution in [0.25, 0.3) is 0 Å². The summed E-state index contributed by atoms with van der Waals surface area (Å²) in [6.45, 7) is 12.9. The Morgan fingerprint density at radius 2 is 1.55 bits per heavy atom. The van der Waals surface area contributed by atoms with E-state index in [0.29, 0.717) is 23.0 Å². The average molecular weight is 406 g/mol. The minimum atomic E-state index is 0.405. The Hall–Kier alpha value is -1.03. The number of H-pyrrole nitrogens is 1. The van der Waals surface area contributed by atoms with Crippen molar-refractivity contribution in [2.75, 3.05) is 11.9 Å². The summed E-state index contributed by atoms with van der Waals surface area (Å²) in [6, 6.07) is 2.55. The molecule has 0 amide bonds. The molecule has 4 heteroatoms. The second-order valence-corrected chi connectivity index (χ2v) is 10.8. The molecular weight excluding hydrogens is 358 g/mol. The molecule has 4 nitrogen and oxygen atoms in total. The van der Waals surface area contributed by atoms with E-state index in [9.17, 15) is 0 Å². The molecule has 0 spiro atoms. The van der Waals surface area contributed by atoms with Crippen molar-refractivity contribution in [2.45, 2.75) is 124 Å². The van der Waals surface area contributed by atoms with Gasteiger partial charge in [0.25, 0.3) is 0 Å². The Morgan fingerprint density at radius 1 is 0.931 bits per heavy atom. The summed E-state index contributed by atoms with van der Waals surface area (Å²) >= 11 is 0. The summed E-state index contributed by atoms with van der Waals surface area (Å²) < 4.78 is 6.13. The maximum Gasteiger partial charge on any atom is 0.121 e. The smallest absolute Gasteiger partial charge is 0.121 e. The number of nitrogens with one attached hydrogen (secondary N) is 2. The predicted molar refractivity (Wildman–Crippen MR) is 124 cm³/mol. The number of nitrogens with zero attached hydrogens (tertiary/aromatic N) is 1. The van der Waals surface area contributed by atoms with Gasteiger partial charge in [0.15, 0.2) is 0 Å². The first kappa shape index (κ1) is 24.2. The van der Waals surface area contributed by atoms with Gasteiger partial charge in [0.1, 0.15) is 5.82 Å². The van der Waals surface area contributed by atoms with Gasteiger partial charge < -0.3 is 10.1 Å². The van der Waals surface area contributed by atoms with Crippen molar-refractivity contribution < 1.29 is 4.74 Å². The van der Waals surface area contributed by atoms with Gasteiger partial charge >= 0.3 is 0 Å². The molecule has 2 rings (SSSR count). The van der Waals surface area contributed by atoms with Crippen LogP contribution in [0.5, 0.6) is 0 Å². The summed E-state index contributed by atoms with van der Waals surface area (Å²) in [6.07, 6.45) is 17.8. The van der Waals surface area contributed by atoms with Gasteiger partial charge in [-0.2, -0.15) is 5.10 Å². The fraction of sp³-hybridized carbons (Fsp3) is 0.880. The normalized spacial score (nSPS) is 20.7. The minimum absolute atomic E-state index is 0.405. The van der Waals surface area contributed by atoms with E-state index in [0.717, 1.165) is 12.4 Å². The van der Waals surface area contributed by atoms with Gasteiger partial charge in [-0.1, -0.05) is 73.1 Å². The van der Waals surface area contributed by atoms with E-state index in [-0.39, 0.29) is 0 Å². The minimum Gasteiger partial charge on any atom is -0.378 e. The molecule has 1 heterocycles. The molecule has 1 aromatic rings. The quantitative estimate of drug-likeness (QED) is 0.337. The lowest BCUT2D eigenvalue weighted by Crippen LogP contribution is -2.30. The second-order valence-electron chi connectivity index (χ2n) is 10.8. The number of hydrogen-bond donors (Lipinski definition) is 2. The van der Waals surface area contributed by atoms with Crippen LogP contribution in [0, 0.1) is 10.8 Å². The van der Waals surface area contributed by atoms with Crippen molar-refractivity contribution in [1.82, 2.24) is 10.2 Å². The molecule has 2 N–H and O–H groups in total. The summed E-state index contributed by atoms with van der Waals surface area (Å²) in [5.74, 6) is 1.03. The average Bonchev–Trinajstić information content (AvgIpc) is 3.16. The molecule has 0 bridgehead atoms. The summed E-state index contributed by atoms with van der Waals surface area (Å²) in [5, 5.41) is 10.5. The van der Waals surface area contributed by atoms with Crippen LogP contribution in [0.1, 0.15) is 112 Å². The Balaban J connectivity index is 1.38. The van der Waals surface area contributed by atoms with Gasteiger partial charge in [-0.15, -0.1) is 0 Å². The maximum absolute atomic E-state index is 6.13. The molecule has 1 saturated carbocycles. The molecule has 1 fully saturated rings. The van der Waals surface area contributed by atoms with Gasteiger partial charge in [-0.25, -0.2) is 0 Å². The summed E-state index contributed by atoms with van der Waals surface area (Å²) in [5.41, 5.74) is 0.848. The summed E-state index contributed by atoms with van der Waals surface area (Å²) in [7, 11) is 0. The van der Waals surface area contributed by atoms with Crippen LogP contribution in [0.4, 0.5) is 5.82 Å². The number of anilines is 1. The first-order valence-corrected chi connectivity index (χ1v) is 12.2. The van der Waals surface area contributed by atoms with E-state index >= 15 is 0 Å². The number of aromatic amines is 1. The lowest BCUT2D eigenvalue weighted by molar-refractivity contribution is 0.0243. The van der Waals surface area contributed by atoms with Crippen LogP contribution in [-0.2, 0) is 4.74 Å². The largest absolute Gasteiger partial charge is 0.378 e. The fourth-order valence-electron chi connectivity index (χ4n) is 4.11. The number of hydrogen-bond acceptors (Lipinski definition) is 3. The number of unbranched alkanes of at least 4 members (excludes halogenated alkanes) is 6. The molecule has 1 aromatic heterocycles. The van der Waals surface area contributed by atoms with Crippen molar-refractivity contribution >= 4 is 5.82 Å². The van der Waals surface area contributed by atoms with Crippen molar-refractivity contribution in [3.63, 3.8) is 0 Å². The molecule has 1 aliphatic carbocycles. The number of aromatic nitrogens is 2. The highest BCUT2D eigenvalue weighted by Gasteiger charge is 2.31. The van der Waals surface area contributed by atoms with Gasteiger partial charge in [-0.3, -0.25) is 5.10 Å². The van der Waals surface area contributed by atoms with Crippen LogP contribution < -0.4 is 5.32 Å². The van der Waals surface area contributed by atoms with Crippen LogP contribution in [-0.4, -0.2) is 29.0 Å². The lowest BCUT2D eigenvalue weighted by Gasteiger charge is -2.39. The monoisotopic (exact) mass is 405 g/mol. The van der Waals surface area contributed by atoms with E-state index in [1.807, 2.05) is 6.07 Å².